The van der Waals surface area contributed by atoms with E-state index >= 15 is 0 Å². The van der Waals surface area contributed by atoms with Crippen molar-refractivity contribution in [3.63, 3.8) is 0 Å². The molecule has 0 atom stereocenters. The lowest BCUT2D eigenvalue weighted by molar-refractivity contribution is -0.123. The zero-order chi connectivity index (χ0) is 21.6. The van der Waals surface area contributed by atoms with Crippen molar-refractivity contribution in [3.8, 4) is 0 Å². The van der Waals surface area contributed by atoms with Gasteiger partial charge in [-0.25, -0.2) is 9.37 Å². The Morgan fingerprint density at radius 1 is 1.10 bits per heavy atom. The van der Waals surface area contributed by atoms with Gasteiger partial charge in [-0.1, -0.05) is 25.0 Å². The maximum atomic E-state index is 13.3. The summed E-state index contributed by atoms with van der Waals surface area (Å²) in [6.45, 7) is 2.65. The highest BCUT2D eigenvalue weighted by Gasteiger charge is 2.35. The van der Waals surface area contributed by atoms with Crippen LogP contribution in [0.25, 0.3) is 0 Å². The number of anilines is 1. The van der Waals surface area contributed by atoms with Crippen LogP contribution in [0.5, 0.6) is 0 Å². The fourth-order valence-corrected chi connectivity index (χ4v) is 4.08. The maximum absolute atomic E-state index is 13.3. The Morgan fingerprint density at radius 3 is 2.43 bits per heavy atom. The molecule has 0 bridgehead atoms. The van der Waals surface area contributed by atoms with Crippen LogP contribution in [0.4, 0.5) is 10.2 Å². The van der Waals surface area contributed by atoms with Gasteiger partial charge in [-0.05, 0) is 62.2 Å². The average molecular weight is 413 g/mol. The van der Waals surface area contributed by atoms with Crippen molar-refractivity contribution in [3.05, 3.63) is 59.5 Å². The molecule has 1 aromatic heterocycles. The van der Waals surface area contributed by atoms with Crippen LogP contribution in [-0.2, 0) is 15.0 Å². The molecule has 0 unspecified atom stereocenters. The normalized spacial score (nSPS) is 15.2. The number of carbonyl (C=O) groups excluding carboxylic acids is 2. The van der Waals surface area contributed by atoms with E-state index < -0.39 is 0 Å². The first-order valence-electron chi connectivity index (χ1n) is 10.3. The Labute approximate surface area is 176 Å². The molecule has 6 nitrogen and oxygen atoms in total. The molecule has 1 aliphatic carbocycles. The number of rotatable bonds is 8. The van der Waals surface area contributed by atoms with Crippen molar-refractivity contribution in [1.82, 2.24) is 15.2 Å². The largest absolute Gasteiger partial charge is 0.354 e. The molecular weight excluding hydrogens is 383 g/mol. The second-order valence-electron chi connectivity index (χ2n) is 8.21. The van der Waals surface area contributed by atoms with Gasteiger partial charge in [0.05, 0.1) is 13.1 Å². The first kappa shape index (κ1) is 21.9. The number of amides is 2. The molecule has 7 heteroatoms. The lowest BCUT2D eigenvalue weighted by Crippen LogP contribution is -2.44. The van der Waals surface area contributed by atoms with Crippen LogP contribution in [0.3, 0.4) is 0 Å². The molecule has 2 N–H and O–H groups in total. The Kier molecular flexibility index (Phi) is 7.15. The number of halogens is 1. The van der Waals surface area contributed by atoms with E-state index in [1.165, 1.54) is 12.1 Å². The molecule has 160 valence electrons. The topological polar surface area (TPSA) is 74.3 Å². The number of likely N-dealkylation sites (N-methyl/N-ethyl adjacent to an activating group) is 1. The minimum absolute atomic E-state index is 0.0894. The summed E-state index contributed by atoms with van der Waals surface area (Å²) in [7, 11) is 1.73. The molecule has 1 aromatic carbocycles. The molecule has 2 aromatic rings. The standard InChI is InChI=1S/C23H29FN4O2/c1-17-9-12-25-20(13-17)27-22(30)15-28(2)14-21(29)26-16-23(10-3-4-11-23)18-5-7-19(24)8-6-18/h5-9,12-13H,3-4,10-11,14-16H2,1-2H3,(H,26,29)(H,25,27,30). The van der Waals surface area contributed by atoms with Gasteiger partial charge in [0, 0.05) is 18.2 Å². The summed E-state index contributed by atoms with van der Waals surface area (Å²) in [5.74, 6) is -0.105. The van der Waals surface area contributed by atoms with Crippen LogP contribution in [0.2, 0.25) is 0 Å². The fourth-order valence-electron chi connectivity index (χ4n) is 4.08. The van der Waals surface area contributed by atoms with E-state index in [0.29, 0.717) is 12.4 Å². The summed E-state index contributed by atoms with van der Waals surface area (Å²) in [5.41, 5.74) is 1.94. The van der Waals surface area contributed by atoms with Crippen LogP contribution < -0.4 is 10.6 Å². The quantitative estimate of drug-likeness (QED) is 0.699. The van der Waals surface area contributed by atoms with Gasteiger partial charge >= 0.3 is 0 Å². The minimum atomic E-state index is -0.253. The van der Waals surface area contributed by atoms with Gasteiger partial charge < -0.3 is 10.6 Å². The number of benzene rings is 1. The van der Waals surface area contributed by atoms with Crippen LogP contribution in [-0.4, -0.2) is 48.4 Å². The van der Waals surface area contributed by atoms with E-state index in [1.807, 2.05) is 25.1 Å². The van der Waals surface area contributed by atoms with Crippen molar-refractivity contribution in [2.75, 3.05) is 32.0 Å². The third-order valence-corrected chi connectivity index (χ3v) is 5.65. The first-order chi connectivity index (χ1) is 14.4. The van der Waals surface area contributed by atoms with E-state index in [1.54, 1.807) is 24.2 Å². The molecule has 0 radical (unpaired) electrons. The van der Waals surface area contributed by atoms with E-state index in [-0.39, 0.29) is 36.1 Å². The Morgan fingerprint density at radius 2 is 1.77 bits per heavy atom. The van der Waals surface area contributed by atoms with Crippen molar-refractivity contribution >= 4 is 17.6 Å². The van der Waals surface area contributed by atoms with Gasteiger partial charge in [-0.15, -0.1) is 0 Å². The average Bonchev–Trinajstić information content (AvgIpc) is 3.17. The number of carbonyl (C=O) groups is 2. The maximum Gasteiger partial charge on any atom is 0.239 e. The lowest BCUT2D eigenvalue weighted by Gasteiger charge is -2.30. The molecule has 1 fully saturated rings. The van der Waals surface area contributed by atoms with Gasteiger partial charge in [0.1, 0.15) is 11.6 Å². The number of pyridine rings is 1. The summed E-state index contributed by atoms with van der Waals surface area (Å²) >= 11 is 0. The highest BCUT2D eigenvalue weighted by Crippen LogP contribution is 2.40. The summed E-state index contributed by atoms with van der Waals surface area (Å²) in [4.78, 5) is 30.4. The zero-order valence-electron chi connectivity index (χ0n) is 17.6. The van der Waals surface area contributed by atoms with Gasteiger partial charge in [0.25, 0.3) is 0 Å². The van der Waals surface area contributed by atoms with Crippen LogP contribution in [0, 0.1) is 12.7 Å². The van der Waals surface area contributed by atoms with Crippen LogP contribution >= 0.6 is 0 Å². The Bertz CT molecular complexity index is 879. The Balaban J connectivity index is 1.49. The predicted octanol–water partition coefficient (Wildman–Crippen LogP) is 3.03. The number of nitrogens with one attached hydrogen (secondary N) is 2. The summed E-state index contributed by atoms with van der Waals surface area (Å²) in [6.07, 6.45) is 5.78. The monoisotopic (exact) mass is 412 g/mol. The van der Waals surface area contributed by atoms with E-state index in [0.717, 1.165) is 36.8 Å². The second-order valence-corrected chi connectivity index (χ2v) is 8.21. The summed E-state index contributed by atoms with van der Waals surface area (Å²) in [5, 5.41) is 5.76. The molecule has 1 aliphatic rings. The molecule has 0 aliphatic heterocycles. The number of aromatic nitrogens is 1. The third kappa shape index (κ3) is 5.86. The number of aryl methyl sites for hydroxylation is 1. The highest BCUT2D eigenvalue weighted by molar-refractivity contribution is 5.91. The minimum Gasteiger partial charge on any atom is -0.354 e. The van der Waals surface area contributed by atoms with Gasteiger partial charge in [0.15, 0.2) is 0 Å². The van der Waals surface area contributed by atoms with E-state index in [2.05, 4.69) is 15.6 Å². The third-order valence-electron chi connectivity index (χ3n) is 5.65. The SMILES string of the molecule is Cc1ccnc(NC(=O)CN(C)CC(=O)NCC2(c3ccc(F)cc3)CCCC2)c1. The Hall–Kier alpha value is -2.80. The highest BCUT2D eigenvalue weighted by atomic mass is 19.1. The number of hydrogen-bond donors (Lipinski definition) is 2. The predicted molar refractivity (Wildman–Crippen MR) is 115 cm³/mol. The second kappa shape index (κ2) is 9.80. The van der Waals surface area contributed by atoms with Crippen LogP contribution in [0.1, 0.15) is 36.8 Å². The summed E-state index contributed by atoms with van der Waals surface area (Å²) in [6, 6.07) is 10.3. The van der Waals surface area contributed by atoms with Gasteiger partial charge in [-0.2, -0.15) is 0 Å². The van der Waals surface area contributed by atoms with Crippen molar-refractivity contribution < 1.29 is 14.0 Å². The van der Waals surface area contributed by atoms with Gasteiger partial charge in [-0.3, -0.25) is 14.5 Å². The molecule has 30 heavy (non-hydrogen) atoms. The number of hydrogen-bond acceptors (Lipinski definition) is 4. The van der Waals surface area contributed by atoms with Gasteiger partial charge in [0.2, 0.25) is 11.8 Å². The zero-order valence-corrected chi connectivity index (χ0v) is 17.6. The molecular formula is C23H29FN4O2. The van der Waals surface area contributed by atoms with Crippen molar-refractivity contribution in [2.24, 2.45) is 0 Å². The molecule has 2 amide bonds. The summed E-state index contributed by atoms with van der Waals surface area (Å²) < 4.78 is 13.3. The van der Waals surface area contributed by atoms with E-state index in [4.69, 9.17) is 0 Å². The molecule has 1 heterocycles. The first-order valence-corrected chi connectivity index (χ1v) is 10.3. The molecule has 0 saturated heterocycles. The van der Waals surface area contributed by atoms with Crippen LogP contribution in [0.15, 0.2) is 42.6 Å². The smallest absolute Gasteiger partial charge is 0.239 e. The fraction of sp³-hybridized carbons (Fsp3) is 0.435. The number of nitrogens with zero attached hydrogens (tertiary/aromatic N) is 2. The van der Waals surface area contributed by atoms with E-state index in [9.17, 15) is 14.0 Å². The molecule has 3 rings (SSSR count). The van der Waals surface area contributed by atoms with Crippen molar-refractivity contribution in [1.29, 1.82) is 0 Å². The lowest BCUT2D eigenvalue weighted by atomic mass is 9.79. The molecule has 1 saturated carbocycles. The molecule has 0 spiro atoms. The van der Waals surface area contributed by atoms with Crippen molar-refractivity contribution in [2.45, 2.75) is 38.0 Å².